The molecule has 4 rings (SSSR count). The average Bonchev–Trinajstić information content (AvgIpc) is 3.47. The quantitative estimate of drug-likeness (QED) is 0.110. The Kier molecular flexibility index (Phi) is 11.1. The molecule has 0 saturated heterocycles. The fourth-order valence-electron chi connectivity index (χ4n) is 5.78. The van der Waals surface area contributed by atoms with Crippen LogP contribution in [0.2, 0.25) is 0 Å². The molecule has 7 heteroatoms. The minimum Gasteiger partial charge on any atom is -0.478 e. The molecule has 1 aliphatic rings. The predicted octanol–water partition coefficient (Wildman–Crippen LogP) is 7.54. The van der Waals surface area contributed by atoms with Crippen molar-refractivity contribution in [1.82, 2.24) is 10.3 Å². The number of H-pyrrole nitrogens is 1. The van der Waals surface area contributed by atoms with Crippen LogP contribution in [0.3, 0.4) is 0 Å². The molecule has 1 aliphatic heterocycles. The minimum absolute atomic E-state index is 0.213. The number of benzene rings is 2. The molecule has 40 heavy (non-hydrogen) atoms. The van der Waals surface area contributed by atoms with E-state index in [1.54, 1.807) is 0 Å². The number of nitrogens with zero attached hydrogens (tertiary/aromatic N) is 2. The Bertz CT molecular complexity index is 1270. The lowest BCUT2D eigenvalue weighted by Crippen LogP contribution is -2.46. The van der Waals surface area contributed by atoms with Gasteiger partial charge >= 0.3 is 5.97 Å². The summed E-state index contributed by atoms with van der Waals surface area (Å²) in [6.45, 7) is 2.81. The molecule has 1 aromatic heterocycles. The van der Waals surface area contributed by atoms with Gasteiger partial charge in [-0.05, 0) is 59.6 Å². The zero-order chi connectivity index (χ0) is 28.2. The maximum atomic E-state index is 12.0. The summed E-state index contributed by atoms with van der Waals surface area (Å²) in [6.07, 6.45) is 14.2. The van der Waals surface area contributed by atoms with E-state index >= 15 is 0 Å². The highest BCUT2D eigenvalue weighted by Crippen LogP contribution is 2.35. The molecule has 214 valence electrons. The number of unbranched alkanes of at least 4 members (excludes halogenated alkanes) is 5. The largest absolute Gasteiger partial charge is 0.478 e. The molecule has 3 aromatic rings. The van der Waals surface area contributed by atoms with Gasteiger partial charge in [0.1, 0.15) is 0 Å². The number of aliphatic imine (C=N–C) groups is 1. The van der Waals surface area contributed by atoms with Crippen LogP contribution in [0.25, 0.3) is 16.1 Å². The molecule has 3 unspecified atom stereocenters. The summed E-state index contributed by atoms with van der Waals surface area (Å²) in [4.78, 5) is 19.4. The molecular weight excluding hydrogens is 498 g/mol. The summed E-state index contributed by atoms with van der Waals surface area (Å²) in [5.74, 6) is 0.497. The first kappa shape index (κ1) is 29.2. The second kappa shape index (κ2) is 15.2. The molecule has 3 atom stereocenters. The number of rotatable bonds is 16. The topological polar surface area (TPSA) is 118 Å². The van der Waals surface area contributed by atoms with Crippen molar-refractivity contribution in [1.29, 1.82) is 0 Å². The van der Waals surface area contributed by atoms with Crippen LogP contribution in [0.15, 0.2) is 77.4 Å². The zero-order valence-corrected chi connectivity index (χ0v) is 23.7. The van der Waals surface area contributed by atoms with Gasteiger partial charge in [-0.15, -0.1) is 0 Å². The van der Waals surface area contributed by atoms with Gasteiger partial charge in [-0.3, -0.25) is 4.99 Å². The fraction of sp³-hybridized carbons (Fsp3) is 0.455. The van der Waals surface area contributed by atoms with Crippen molar-refractivity contribution in [3.63, 3.8) is 0 Å². The van der Waals surface area contributed by atoms with Crippen LogP contribution in [0.5, 0.6) is 0 Å². The van der Waals surface area contributed by atoms with Crippen molar-refractivity contribution in [3.8, 4) is 0 Å². The third-order valence-electron chi connectivity index (χ3n) is 7.92. The maximum absolute atomic E-state index is 12.0. The van der Waals surface area contributed by atoms with E-state index in [4.69, 9.17) is 11.1 Å². The summed E-state index contributed by atoms with van der Waals surface area (Å²) < 4.78 is 0. The summed E-state index contributed by atoms with van der Waals surface area (Å²) in [5, 5.41) is 20.5. The second-order valence-corrected chi connectivity index (χ2v) is 10.9. The Labute approximate surface area is 238 Å². The number of aromatic amines is 1. The van der Waals surface area contributed by atoms with Crippen LogP contribution in [-0.4, -0.2) is 40.6 Å². The van der Waals surface area contributed by atoms with Crippen molar-refractivity contribution < 1.29 is 9.90 Å². The van der Waals surface area contributed by atoms with Crippen molar-refractivity contribution in [2.75, 3.05) is 6.54 Å². The van der Waals surface area contributed by atoms with Gasteiger partial charge in [0.2, 0.25) is 0 Å². The van der Waals surface area contributed by atoms with Crippen molar-refractivity contribution in [2.45, 2.75) is 89.1 Å². The first-order valence-electron chi connectivity index (χ1n) is 14.9. The number of carbonyl (C=O) groups is 1. The normalized spacial score (nSPS) is 17.2. The Morgan fingerprint density at radius 1 is 1.05 bits per heavy atom. The highest BCUT2D eigenvalue weighted by atomic mass is 16.4. The number of nitrogens with two attached hydrogens (primary N) is 1. The molecule has 0 fully saturated rings. The van der Waals surface area contributed by atoms with Gasteiger partial charge in [0, 0.05) is 12.6 Å². The summed E-state index contributed by atoms with van der Waals surface area (Å²) in [5.41, 5.74) is 8.10. The van der Waals surface area contributed by atoms with Gasteiger partial charge in [0.05, 0.1) is 6.04 Å². The highest BCUT2D eigenvalue weighted by molar-refractivity contribution is 5.84. The summed E-state index contributed by atoms with van der Waals surface area (Å²) >= 11 is 0. The lowest BCUT2D eigenvalue weighted by atomic mass is 9.84. The summed E-state index contributed by atoms with van der Waals surface area (Å²) in [7, 11) is 0. The van der Waals surface area contributed by atoms with Gasteiger partial charge in [-0.2, -0.15) is 0 Å². The van der Waals surface area contributed by atoms with Crippen LogP contribution in [0.4, 0.5) is 5.82 Å². The Hall–Kier alpha value is -3.74. The van der Waals surface area contributed by atoms with Crippen LogP contribution < -0.4 is 11.1 Å². The van der Waals surface area contributed by atoms with E-state index < -0.39 is 5.97 Å². The molecule has 0 amide bonds. The number of carboxylic acid groups (broad SMARTS) is 1. The van der Waals surface area contributed by atoms with Gasteiger partial charge < -0.3 is 26.5 Å². The molecular formula is C33H44N5O2-. The maximum Gasteiger partial charge on any atom is 0.328 e. The van der Waals surface area contributed by atoms with Crippen LogP contribution >= 0.6 is 0 Å². The van der Waals surface area contributed by atoms with E-state index in [1.165, 1.54) is 60.9 Å². The zero-order valence-electron chi connectivity index (χ0n) is 23.7. The summed E-state index contributed by atoms with van der Waals surface area (Å²) in [6, 6.07) is 18.7. The minimum atomic E-state index is -0.970. The molecule has 0 bridgehead atoms. The average molecular weight is 543 g/mol. The van der Waals surface area contributed by atoms with Gasteiger partial charge in [-0.1, -0.05) is 112 Å². The number of hydrogen-bond donors (Lipinski definition) is 4. The van der Waals surface area contributed by atoms with Crippen LogP contribution in [0, 0.1) is 0 Å². The molecule has 0 spiro atoms. The third-order valence-corrected chi connectivity index (χ3v) is 7.92. The Balaban J connectivity index is 1.56. The lowest BCUT2D eigenvalue weighted by molar-refractivity contribution is -0.131. The molecule has 0 saturated carbocycles. The van der Waals surface area contributed by atoms with Gasteiger partial charge in [0.15, 0.2) is 5.96 Å². The molecule has 2 aromatic carbocycles. The molecule has 2 heterocycles. The van der Waals surface area contributed by atoms with Gasteiger partial charge in [0.25, 0.3) is 0 Å². The molecule has 0 aliphatic carbocycles. The smallest absolute Gasteiger partial charge is 0.328 e. The number of guanidine groups is 1. The number of carboxylic acids is 1. The lowest BCUT2D eigenvalue weighted by Gasteiger charge is -2.35. The first-order chi connectivity index (χ1) is 19.5. The van der Waals surface area contributed by atoms with Crippen molar-refractivity contribution >= 4 is 28.5 Å². The number of fused-ring (bicyclic) bond motifs is 1. The predicted molar refractivity (Wildman–Crippen MR) is 165 cm³/mol. The van der Waals surface area contributed by atoms with Crippen molar-refractivity contribution in [2.24, 2.45) is 10.7 Å². The van der Waals surface area contributed by atoms with Crippen molar-refractivity contribution in [3.05, 3.63) is 83.3 Å². The van der Waals surface area contributed by atoms with E-state index in [9.17, 15) is 9.90 Å². The number of nitrogens with one attached hydrogen (secondary N) is 2. The van der Waals surface area contributed by atoms with E-state index in [0.29, 0.717) is 24.8 Å². The van der Waals surface area contributed by atoms with E-state index in [0.717, 1.165) is 30.7 Å². The fourth-order valence-corrected chi connectivity index (χ4v) is 5.78. The number of hydrogen-bond acceptors (Lipinski definition) is 4. The van der Waals surface area contributed by atoms with E-state index in [2.05, 4.69) is 64.7 Å². The second-order valence-electron chi connectivity index (χ2n) is 10.9. The highest BCUT2D eigenvalue weighted by Gasteiger charge is 2.25. The van der Waals surface area contributed by atoms with Crippen LogP contribution in [-0.2, 0) is 4.79 Å². The Morgan fingerprint density at radius 2 is 1.85 bits per heavy atom. The molecule has 0 radical (unpaired) electrons. The monoisotopic (exact) mass is 542 g/mol. The number of aliphatic carboxylic acids is 1. The van der Waals surface area contributed by atoms with E-state index in [1.807, 2.05) is 18.3 Å². The standard InChI is InChI=1S/C33H44N5O2/c1-2-3-4-5-6-7-11-25(27-16-15-24-12-8-9-13-26(24)22-27)17-18-29(37-31-14-10-20-35-31)28(23-32(39)40)30-19-21-36-33(34)38-30/h8-10,12-16,20,22-23,25,29-30,35H,2-7,11,17-19,21H2,1H3,(H,39,40)(H3,34,36,38)/q-1. The third kappa shape index (κ3) is 8.63. The first-order valence-corrected chi connectivity index (χ1v) is 14.9. The number of aromatic nitrogens is 1. The molecule has 5 N–H and O–H groups in total. The van der Waals surface area contributed by atoms with Gasteiger partial charge in [-0.25, -0.2) is 4.79 Å². The van der Waals surface area contributed by atoms with E-state index in [-0.39, 0.29) is 12.1 Å². The molecule has 7 nitrogen and oxygen atoms in total. The SMILES string of the molecule is CCCCCCCCC(CCC([N-]c1ccc[nH]1)C(=CC(=O)O)C1CCN=C(N)N1)c1ccc2ccccc2c1. The van der Waals surface area contributed by atoms with Crippen LogP contribution in [0.1, 0.15) is 82.6 Å². The Morgan fingerprint density at radius 3 is 2.60 bits per heavy atom.